The van der Waals surface area contributed by atoms with Crippen LogP contribution in [0.15, 0.2) is 29.3 Å². The molecule has 26 heavy (non-hydrogen) atoms. The zero-order valence-electron chi connectivity index (χ0n) is 16.6. The van der Waals surface area contributed by atoms with Gasteiger partial charge in [0.1, 0.15) is 0 Å². The van der Waals surface area contributed by atoms with E-state index in [4.69, 9.17) is 0 Å². The Kier molecular flexibility index (Phi) is 7.45. The van der Waals surface area contributed by atoms with Gasteiger partial charge >= 0.3 is 0 Å². The highest BCUT2D eigenvalue weighted by atomic mass is 16.2. The van der Waals surface area contributed by atoms with Crippen LogP contribution in [0.2, 0.25) is 0 Å². The average molecular weight is 360 g/mol. The van der Waals surface area contributed by atoms with Gasteiger partial charge in [-0.2, -0.15) is 0 Å². The van der Waals surface area contributed by atoms with Crippen LogP contribution < -0.4 is 20.9 Å². The minimum atomic E-state index is 0.121. The molecule has 2 rings (SSSR count). The molecule has 0 saturated carbocycles. The SMILES string of the molecule is CCNC(=NCc1ccc(N2CCCC2=O)cc1)NCCNC(C)(C)C. The van der Waals surface area contributed by atoms with Crippen molar-refractivity contribution < 1.29 is 4.79 Å². The molecule has 1 amide bonds. The largest absolute Gasteiger partial charge is 0.357 e. The molecule has 0 bridgehead atoms. The number of amides is 1. The molecule has 0 aliphatic carbocycles. The number of hydrogen-bond donors (Lipinski definition) is 3. The number of rotatable bonds is 7. The third-order valence-electron chi connectivity index (χ3n) is 4.16. The molecule has 0 atom stereocenters. The summed E-state index contributed by atoms with van der Waals surface area (Å²) in [6.45, 7) is 12.5. The fourth-order valence-corrected chi connectivity index (χ4v) is 2.83. The van der Waals surface area contributed by atoms with Gasteiger partial charge in [0.05, 0.1) is 6.54 Å². The van der Waals surface area contributed by atoms with E-state index in [0.29, 0.717) is 13.0 Å². The number of carbonyl (C=O) groups excluding carboxylic acids is 1. The van der Waals surface area contributed by atoms with E-state index in [1.165, 1.54) is 0 Å². The van der Waals surface area contributed by atoms with E-state index in [-0.39, 0.29) is 11.4 Å². The summed E-state index contributed by atoms with van der Waals surface area (Å²) in [7, 11) is 0. The number of benzene rings is 1. The highest BCUT2D eigenvalue weighted by molar-refractivity contribution is 5.95. The van der Waals surface area contributed by atoms with Gasteiger partial charge in [-0.3, -0.25) is 4.79 Å². The minimum Gasteiger partial charge on any atom is -0.357 e. The molecule has 1 aliphatic rings. The lowest BCUT2D eigenvalue weighted by Gasteiger charge is -2.21. The van der Waals surface area contributed by atoms with E-state index in [1.54, 1.807) is 0 Å². The molecule has 1 aliphatic heterocycles. The van der Waals surface area contributed by atoms with Gasteiger partial charge in [-0.05, 0) is 51.8 Å². The third kappa shape index (κ3) is 6.67. The number of carbonyl (C=O) groups is 1. The van der Waals surface area contributed by atoms with E-state index in [1.807, 2.05) is 17.0 Å². The maximum atomic E-state index is 11.8. The van der Waals surface area contributed by atoms with Crippen LogP contribution in [0.3, 0.4) is 0 Å². The van der Waals surface area contributed by atoms with Gasteiger partial charge < -0.3 is 20.9 Å². The van der Waals surface area contributed by atoms with Crippen molar-refractivity contribution in [2.45, 2.75) is 52.6 Å². The number of anilines is 1. The average Bonchev–Trinajstić information content (AvgIpc) is 3.02. The quantitative estimate of drug-likeness (QED) is 0.397. The van der Waals surface area contributed by atoms with Crippen molar-refractivity contribution in [3.05, 3.63) is 29.8 Å². The standard InChI is InChI=1S/C20H33N5O/c1-5-21-19(22-12-13-24-20(2,3)4)23-15-16-8-10-17(11-9-16)25-14-6-7-18(25)26/h8-11,24H,5-7,12-15H2,1-4H3,(H2,21,22,23). The summed E-state index contributed by atoms with van der Waals surface area (Å²) in [5, 5.41) is 10.1. The molecular weight excluding hydrogens is 326 g/mol. The second kappa shape index (κ2) is 9.57. The van der Waals surface area contributed by atoms with Crippen LogP contribution in [-0.4, -0.2) is 43.6 Å². The van der Waals surface area contributed by atoms with Crippen LogP contribution in [-0.2, 0) is 11.3 Å². The number of nitrogens with one attached hydrogen (secondary N) is 3. The van der Waals surface area contributed by atoms with Crippen molar-refractivity contribution >= 4 is 17.6 Å². The molecule has 1 aromatic carbocycles. The topological polar surface area (TPSA) is 68.8 Å². The molecule has 6 heteroatoms. The first kappa shape index (κ1) is 20.2. The summed E-state index contributed by atoms with van der Waals surface area (Å²) >= 11 is 0. The molecule has 1 aromatic rings. The van der Waals surface area contributed by atoms with Crippen LogP contribution in [0, 0.1) is 0 Å². The summed E-state index contributed by atoms with van der Waals surface area (Å²) in [4.78, 5) is 18.3. The molecule has 3 N–H and O–H groups in total. The summed E-state index contributed by atoms with van der Waals surface area (Å²) in [6, 6.07) is 8.13. The summed E-state index contributed by atoms with van der Waals surface area (Å²) in [6.07, 6.45) is 1.61. The highest BCUT2D eigenvalue weighted by Crippen LogP contribution is 2.21. The van der Waals surface area contributed by atoms with Crippen molar-refractivity contribution in [2.24, 2.45) is 4.99 Å². The van der Waals surface area contributed by atoms with Gasteiger partial charge in [0.15, 0.2) is 5.96 Å². The first-order chi connectivity index (χ1) is 12.4. The van der Waals surface area contributed by atoms with E-state index in [2.05, 4.69) is 60.8 Å². The molecule has 6 nitrogen and oxygen atoms in total. The molecule has 1 saturated heterocycles. The first-order valence-corrected chi connectivity index (χ1v) is 9.55. The van der Waals surface area contributed by atoms with Crippen molar-refractivity contribution in [3.63, 3.8) is 0 Å². The third-order valence-corrected chi connectivity index (χ3v) is 4.16. The Morgan fingerprint density at radius 2 is 1.88 bits per heavy atom. The predicted molar refractivity (Wildman–Crippen MR) is 109 cm³/mol. The van der Waals surface area contributed by atoms with E-state index in [0.717, 1.165) is 49.8 Å². The molecule has 0 spiro atoms. The fourth-order valence-electron chi connectivity index (χ4n) is 2.83. The molecule has 1 fully saturated rings. The van der Waals surface area contributed by atoms with Crippen molar-refractivity contribution in [2.75, 3.05) is 31.1 Å². The monoisotopic (exact) mass is 359 g/mol. The Labute approximate surface area is 157 Å². The van der Waals surface area contributed by atoms with Crippen LogP contribution in [0.25, 0.3) is 0 Å². The lowest BCUT2D eigenvalue weighted by Crippen LogP contribution is -2.44. The molecule has 0 radical (unpaired) electrons. The van der Waals surface area contributed by atoms with Gasteiger partial charge in [0.25, 0.3) is 0 Å². The van der Waals surface area contributed by atoms with E-state index in [9.17, 15) is 4.79 Å². The Morgan fingerprint density at radius 3 is 2.46 bits per heavy atom. The van der Waals surface area contributed by atoms with E-state index < -0.39 is 0 Å². The first-order valence-electron chi connectivity index (χ1n) is 9.55. The van der Waals surface area contributed by atoms with Gasteiger partial charge in [0.2, 0.25) is 5.91 Å². The van der Waals surface area contributed by atoms with Crippen LogP contribution in [0.5, 0.6) is 0 Å². The molecule has 0 aromatic heterocycles. The Morgan fingerprint density at radius 1 is 1.15 bits per heavy atom. The Hall–Kier alpha value is -2.08. The Balaban J connectivity index is 1.86. The van der Waals surface area contributed by atoms with Crippen molar-refractivity contribution in [3.8, 4) is 0 Å². The lowest BCUT2D eigenvalue weighted by atomic mass is 10.1. The fraction of sp³-hybridized carbons (Fsp3) is 0.600. The van der Waals surface area contributed by atoms with Crippen molar-refractivity contribution in [1.29, 1.82) is 0 Å². The van der Waals surface area contributed by atoms with Crippen molar-refractivity contribution in [1.82, 2.24) is 16.0 Å². The summed E-state index contributed by atoms with van der Waals surface area (Å²) in [5.41, 5.74) is 2.24. The van der Waals surface area contributed by atoms with Gasteiger partial charge in [-0.15, -0.1) is 0 Å². The number of guanidine groups is 1. The van der Waals surface area contributed by atoms with Gasteiger partial charge in [-0.1, -0.05) is 12.1 Å². The predicted octanol–water partition coefficient (Wildman–Crippen LogP) is 2.26. The van der Waals surface area contributed by atoms with Gasteiger partial charge in [-0.25, -0.2) is 4.99 Å². The Bertz CT molecular complexity index is 604. The maximum Gasteiger partial charge on any atom is 0.227 e. The summed E-state index contributed by atoms with van der Waals surface area (Å²) < 4.78 is 0. The van der Waals surface area contributed by atoms with Crippen LogP contribution in [0.4, 0.5) is 5.69 Å². The molecule has 0 unspecified atom stereocenters. The number of hydrogen-bond acceptors (Lipinski definition) is 3. The molecular formula is C20H33N5O. The normalized spacial score (nSPS) is 15.5. The van der Waals surface area contributed by atoms with E-state index >= 15 is 0 Å². The molecule has 1 heterocycles. The second-order valence-electron chi connectivity index (χ2n) is 7.61. The van der Waals surface area contributed by atoms with Crippen LogP contribution >= 0.6 is 0 Å². The van der Waals surface area contributed by atoms with Gasteiger partial charge in [0, 0.05) is 43.8 Å². The second-order valence-corrected chi connectivity index (χ2v) is 7.61. The highest BCUT2D eigenvalue weighted by Gasteiger charge is 2.21. The summed E-state index contributed by atoms with van der Waals surface area (Å²) in [5.74, 6) is 1.04. The lowest BCUT2D eigenvalue weighted by molar-refractivity contribution is -0.117. The van der Waals surface area contributed by atoms with Crippen LogP contribution in [0.1, 0.15) is 46.1 Å². The maximum absolute atomic E-state index is 11.8. The zero-order valence-corrected chi connectivity index (χ0v) is 16.6. The smallest absolute Gasteiger partial charge is 0.227 e. The minimum absolute atomic E-state index is 0.121. The number of aliphatic imine (C=N–C) groups is 1. The zero-order chi connectivity index (χ0) is 19.0. The number of nitrogens with zero attached hydrogens (tertiary/aromatic N) is 2. The molecule has 144 valence electrons.